The topological polar surface area (TPSA) is 20.3 Å². The van der Waals surface area contributed by atoms with Gasteiger partial charge in [0.1, 0.15) is 0 Å². The van der Waals surface area contributed by atoms with E-state index in [1.54, 1.807) is 0 Å². The lowest BCUT2D eigenvalue weighted by Crippen LogP contribution is -2.47. The molecule has 3 heteroatoms. The molecule has 0 aliphatic carbocycles. The standard InChI is InChI=1S/C11H22ClNO/c1-7-13(10(2,3)4)8-11(5,6)9(12)14/h7-8H2,1-6H3. The van der Waals surface area contributed by atoms with E-state index in [-0.39, 0.29) is 10.8 Å². The molecular weight excluding hydrogens is 198 g/mol. The molecule has 0 rings (SSSR count). The van der Waals surface area contributed by atoms with Crippen molar-refractivity contribution in [3.05, 3.63) is 0 Å². The highest BCUT2D eigenvalue weighted by atomic mass is 35.5. The number of carbonyl (C=O) groups is 1. The predicted octanol–water partition coefficient (Wildman–Crippen LogP) is 2.90. The van der Waals surface area contributed by atoms with E-state index in [4.69, 9.17) is 11.6 Å². The van der Waals surface area contributed by atoms with Crippen LogP contribution in [-0.4, -0.2) is 28.8 Å². The third-order valence-electron chi connectivity index (χ3n) is 2.45. The van der Waals surface area contributed by atoms with Gasteiger partial charge in [0.15, 0.2) is 0 Å². The Morgan fingerprint density at radius 2 is 1.64 bits per heavy atom. The number of rotatable bonds is 4. The van der Waals surface area contributed by atoms with Crippen LogP contribution >= 0.6 is 11.6 Å². The Morgan fingerprint density at radius 1 is 1.21 bits per heavy atom. The average Bonchev–Trinajstić information content (AvgIpc) is 1.97. The summed E-state index contributed by atoms with van der Waals surface area (Å²) in [5.74, 6) is 0. The highest BCUT2D eigenvalue weighted by Crippen LogP contribution is 2.24. The van der Waals surface area contributed by atoms with Gasteiger partial charge in [-0.25, -0.2) is 0 Å². The lowest BCUT2D eigenvalue weighted by atomic mass is 9.92. The molecule has 2 nitrogen and oxygen atoms in total. The normalized spacial score (nSPS) is 13.4. The van der Waals surface area contributed by atoms with Gasteiger partial charge in [-0.15, -0.1) is 0 Å². The van der Waals surface area contributed by atoms with Crippen molar-refractivity contribution in [3.8, 4) is 0 Å². The van der Waals surface area contributed by atoms with Gasteiger partial charge in [-0.05, 0) is 38.9 Å². The Kier molecular flexibility index (Phi) is 4.60. The Balaban J connectivity index is 4.55. The zero-order valence-corrected chi connectivity index (χ0v) is 10.9. The minimum absolute atomic E-state index is 0.0817. The Hall–Kier alpha value is -0.0800. The third kappa shape index (κ3) is 3.97. The van der Waals surface area contributed by atoms with Crippen molar-refractivity contribution in [2.75, 3.05) is 13.1 Å². The minimum atomic E-state index is -0.467. The molecule has 0 saturated carbocycles. The zero-order chi connectivity index (χ0) is 11.6. The van der Waals surface area contributed by atoms with Crippen molar-refractivity contribution in [2.45, 2.75) is 47.1 Å². The van der Waals surface area contributed by atoms with Crippen LogP contribution in [0.2, 0.25) is 0 Å². The van der Waals surface area contributed by atoms with Gasteiger partial charge in [0, 0.05) is 12.1 Å². The van der Waals surface area contributed by atoms with E-state index in [2.05, 4.69) is 32.6 Å². The molecule has 0 amide bonds. The summed E-state index contributed by atoms with van der Waals surface area (Å²) in [6.07, 6.45) is 0. The van der Waals surface area contributed by atoms with Crippen LogP contribution in [0.25, 0.3) is 0 Å². The smallest absolute Gasteiger partial charge is 0.228 e. The summed E-state index contributed by atoms with van der Waals surface area (Å²) < 4.78 is 0. The molecule has 0 spiro atoms. The molecule has 0 aromatic carbocycles. The minimum Gasteiger partial charge on any atom is -0.298 e. The molecule has 0 unspecified atom stereocenters. The van der Waals surface area contributed by atoms with Crippen LogP contribution in [0.4, 0.5) is 0 Å². The second kappa shape index (κ2) is 4.63. The van der Waals surface area contributed by atoms with E-state index in [0.29, 0.717) is 6.54 Å². The van der Waals surface area contributed by atoms with Crippen LogP contribution in [0.15, 0.2) is 0 Å². The maximum atomic E-state index is 11.2. The van der Waals surface area contributed by atoms with E-state index < -0.39 is 5.41 Å². The number of hydrogen-bond acceptors (Lipinski definition) is 2. The largest absolute Gasteiger partial charge is 0.298 e. The van der Waals surface area contributed by atoms with Crippen molar-refractivity contribution in [1.82, 2.24) is 4.90 Å². The first kappa shape index (κ1) is 13.9. The fraction of sp³-hybridized carbons (Fsp3) is 0.909. The van der Waals surface area contributed by atoms with Gasteiger partial charge in [-0.3, -0.25) is 9.69 Å². The van der Waals surface area contributed by atoms with Crippen LogP contribution in [0, 0.1) is 5.41 Å². The maximum Gasteiger partial charge on any atom is 0.228 e. The summed E-state index contributed by atoms with van der Waals surface area (Å²) >= 11 is 5.56. The molecule has 0 radical (unpaired) electrons. The molecule has 0 aliphatic rings. The van der Waals surface area contributed by atoms with Crippen LogP contribution < -0.4 is 0 Å². The van der Waals surface area contributed by atoms with E-state index in [1.807, 2.05) is 13.8 Å². The summed E-state index contributed by atoms with van der Waals surface area (Å²) in [4.78, 5) is 13.4. The molecule has 84 valence electrons. The molecule has 0 atom stereocenters. The highest BCUT2D eigenvalue weighted by molar-refractivity contribution is 6.64. The molecule has 0 saturated heterocycles. The molecule has 0 N–H and O–H groups in total. The van der Waals surface area contributed by atoms with Crippen molar-refractivity contribution < 1.29 is 4.79 Å². The molecule has 0 aromatic heterocycles. The molecule has 14 heavy (non-hydrogen) atoms. The number of nitrogens with zero attached hydrogens (tertiary/aromatic N) is 1. The monoisotopic (exact) mass is 219 g/mol. The quantitative estimate of drug-likeness (QED) is 0.678. The summed E-state index contributed by atoms with van der Waals surface area (Å²) in [5.41, 5.74) is -0.386. The molecule has 0 heterocycles. The first-order chi connectivity index (χ1) is 6.11. The Labute approximate surface area is 92.6 Å². The van der Waals surface area contributed by atoms with Crippen molar-refractivity contribution in [1.29, 1.82) is 0 Å². The first-order valence-corrected chi connectivity index (χ1v) is 5.44. The van der Waals surface area contributed by atoms with Crippen LogP contribution in [0.1, 0.15) is 41.5 Å². The van der Waals surface area contributed by atoms with Gasteiger partial charge in [-0.2, -0.15) is 0 Å². The fourth-order valence-corrected chi connectivity index (χ4v) is 1.42. The SMILES string of the molecule is CCN(CC(C)(C)C(=O)Cl)C(C)(C)C. The molecule has 0 aromatic rings. The average molecular weight is 220 g/mol. The second-order valence-corrected chi connectivity index (χ2v) is 5.69. The Morgan fingerprint density at radius 3 is 1.86 bits per heavy atom. The van der Waals surface area contributed by atoms with Gasteiger partial charge in [0.25, 0.3) is 0 Å². The van der Waals surface area contributed by atoms with Gasteiger partial charge in [-0.1, -0.05) is 20.8 Å². The van der Waals surface area contributed by atoms with E-state index in [0.717, 1.165) is 6.54 Å². The van der Waals surface area contributed by atoms with Gasteiger partial charge >= 0.3 is 0 Å². The van der Waals surface area contributed by atoms with E-state index in [1.165, 1.54) is 0 Å². The molecule has 0 fully saturated rings. The highest BCUT2D eigenvalue weighted by Gasteiger charge is 2.32. The first-order valence-electron chi connectivity index (χ1n) is 5.06. The summed E-state index contributed by atoms with van der Waals surface area (Å²) in [6.45, 7) is 13.9. The molecular formula is C11H22ClNO. The van der Waals surface area contributed by atoms with Gasteiger partial charge < -0.3 is 0 Å². The predicted molar refractivity (Wildman–Crippen MR) is 61.6 cm³/mol. The zero-order valence-electron chi connectivity index (χ0n) is 10.1. The fourth-order valence-electron chi connectivity index (χ4n) is 1.36. The number of halogens is 1. The lowest BCUT2D eigenvalue weighted by molar-refractivity contribution is -0.120. The molecule has 0 aliphatic heterocycles. The summed E-state index contributed by atoms with van der Waals surface area (Å²) in [6, 6.07) is 0. The maximum absolute atomic E-state index is 11.2. The second-order valence-electron chi connectivity index (χ2n) is 5.34. The summed E-state index contributed by atoms with van der Waals surface area (Å²) in [5, 5.41) is -0.264. The van der Waals surface area contributed by atoms with Gasteiger partial charge in [0.05, 0.1) is 5.41 Å². The Bertz CT molecular complexity index is 206. The van der Waals surface area contributed by atoms with Crippen LogP contribution in [0.3, 0.4) is 0 Å². The van der Waals surface area contributed by atoms with E-state index in [9.17, 15) is 4.79 Å². The van der Waals surface area contributed by atoms with E-state index >= 15 is 0 Å². The number of carbonyl (C=O) groups excluding carboxylic acids is 1. The molecule has 0 bridgehead atoms. The van der Waals surface area contributed by atoms with Crippen LogP contribution in [0.5, 0.6) is 0 Å². The summed E-state index contributed by atoms with van der Waals surface area (Å²) in [7, 11) is 0. The number of hydrogen-bond donors (Lipinski definition) is 0. The van der Waals surface area contributed by atoms with Crippen molar-refractivity contribution in [3.63, 3.8) is 0 Å². The van der Waals surface area contributed by atoms with Gasteiger partial charge in [0.2, 0.25) is 5.24 Å². The lowest BCUT2D eigenvalue weighted by Gasteiger charge is -2.39. The van der Waals surface area contributed by atoms with Crippen molar-refractivity contribution in [2.24, 2.45) is 5.41 Å². The third-order valence-corrected chi connectivity index (χ3v) is 2.96. The van der Waals surface area contributed by atoms with Crippen molar-refractivity contribution >= 4 is 16.8 Å². The van der Waals surface area contributed by atoms with Crippen LogP contribution in [-0.2, 0) is 4.79 Å².